The van der Waals surface area contributed by atoms with E-state index < -0.39 is 9.84 Å². The first-order valence-corrected chi connectivity index (χ1v) is 12.1. The van der Waals surface area contributed by atoms with Crippen molar-refractivity contribution in [3.63, 3.8) is 0 Å². The van der Waals surface area contributed by atoms with Gasteiger partial charge in [-0.05, 0) is 30.7 Å². The van der Waals surface area contributed by atoms with E-state index in [1.807, 2.05) is 18.2 Å². The van der Waals surface area contributed by atoms with Gasteiger partial charge in [0, 0.05) is 45.9 Å². The molecule has 1 aromatic carbocycles. The third kappa shape index (κ3) is 8.02. The lowest BCUT2D eigenvalue weighted by Crippen LogP contribution is -2.23. The summed E-state index contributed by atoms with van der Waals surface area (Å²) in [6, 6.07) is 13.5. The van der Waals surface area contributed by atoms with Crippen molar-refractivity contribution in [3.05, 3.63) is 53.8 Å². The average Bonchev–Trinajstić information content (AvgIpc) is 3.43. The molecule has 2 atom stereocenters. The summed E-state index contributed by atoms with van der Waals surface area (Å²) in [7, 11) is -0.808. The Morgan fingerprint density at radius 1 is 1.20 bits per heavy atom. The van der Waals surface area contributed by atoms with Gasteiger partial charge in [-0.1, -0.05) is 30.3 Å². The SMILES string of the molecule is CCl.CO.COCOC(c1ccc(S(C)(=O)=O)o1)C1CCN(Cc2ccccc2)C1. The smallest absolute Gasteiger partial charge is 0.218 e. The highest BCUT2D eigenvalue weighted by atomic mass is 35.5. The van der Waals surface area contributed by atoms with Crippen molar-refractivity contribution < 1.29 is 27.4 Å². The van der Waals surface area contributed by atoms with Crippen LogP contribution in [0.4, 0.5) is 0 Å². The van der Waals surface area contributed by atoms with E-state index >= 15 is 0 Å². The second-order valence-corrected chi connectivity index (χ2v) is 8.64. The molecule has 1 aromatic heterocycles. The summed E-state index contributed by atoms with van der Waals surface area (Å²) in [5, 5.41) is 6.97. The van der Waals surface area contributed by atoms with Gasteiger partial charge in [-0.15, -0.1) is 11.6 Å². The van der Waals surface area contributed by atoms with Gasteiger partial charge in [0.15, 0.2) is 0 Å². The van der Waals surface area contributed by atoms with Gasteiger partial charge in [0.1, 0.15) is 18.7 Å². The number of hydrogen-bond acceptors (Lipinski definition) is 7. The molecule has 30 heavy (non-hydrogen) atoms. The number of rotatable bonds is 8. The van der Waals surface area contributed by atoms with Gasteiger partial charge < -0.3 is 19.0 Å². The van der Waals surface area contributed by atoms with Gasteiger partial charge in [0.2, 0.25) is 14.9 Å². The summed E-state index contributed by atoms with van der Waals surface area (Å²) in [5.74, 6) is 0.751. The summed E-state index contributed by atoms with van der Waals surface area (Å²) in [5.41, 5.74) is 1.28. The molecule has 7 nitrogen and oxygen atoms in total. The van der Waals surface area contributed by atoms with Crippen LogP contribution in [0, 0.1) is 5.92 Å². The zero-order valence-corrected chi connectivity index (χ0v) is 19.5. The van der Waals surface area contributed by atoms with E-state index in [-0.39, 0.29) is 23.9 Å². The predicted molar refractivity (Wildman–Crippen MR) is 117 cm³/mol. The van der Waals surface area contributed by atoms with Crippen LogP contribution < -0.4 is 0 Å². The predicted octanol–water partition coefficient (Wildman–Crippen LogP) is 3.33. The molecular weight excluding hydrogens is 430 g/mol. The zero-order chi connectivity index (χ0) is 22.6. The third-order valence-corrected chi connectivity index (χ3v) is 5.55. The fraction of sp³-hybridized carbons (Fsp3) is 0.524. The van der Waals surface area contributed by atoms with Crippen molar-refractivity contribution in [2.24, 2.45) is 5.92 Å². The number of sulfone groups is 1. The Bertz CT molecular complexity index is 812. The summed E-state index contributed by atoms with van der Waals surface area (Å²) in [6.45, 7) is 2.85. The van der Waals surface area contributed by atoms with Crippen LogP contribution in [-0.4, -0.2) is 65.2 Å². The molecule has 1 aliphatic heterocycles. The van der Waals surface area contributed by atoms with E-state index in [1.165, 1.54) is 18.0 Å². The van der Waals surface area contributed by atoms with Crippen molar-refractivity contribution >= 4 is 21.4 Å². The number of likely N-dealkylation sites (tertiary alicyclic amines) is 1. The van der Waals surface area contributed by atoms with Gasteiger partial charge in [0.25, 0.3) is 0 Å². The molecule has 2 heterocycles. The molecule has 2 aromatic rings. The number of aliphatic hydroxyl groups is 1. The molecule has 0 bridgehead atoms. The van der Waals surface area contributed by atoms with Crippen LogP contribution in [0.3, 0.4) is 0 Å². The monoisotopic (exact) mass is 461 g/mol. The lowest BCUT2D eigenvalue weighted by atomic mass is 9.99. The molecule has 0 saturated carbocycles. The molecule has 0 amide bonds. The summed E-state index contributed by atoms with van der Waals surface area (Å²) in [4.78, 5) is 2.38. The fourth-order valence-electron chi connectivity index (χ4n) is 3.37. The summed E-state index contributed by atoms with van der Waals surface area (Å²) in [6.07, 6.45) is 3.24. The Hall–Kier alpha value is -1.42. The highest BCUT2D eigenvalue weighted by molar-refractivity contribution is 7.90. The van der Waals surface area contributed by atoms with Crippen molar-refractivity contribution in [3.8, 4) is 0 Å². The topological polar surface area (TPSA) is 89.2 Å². The Morgan fingerprint density at radius 2 is 1.87 bits per heavy atom. The van der Waals surface area contributed by atoms with E-state index in [9.17, 15) is 8.42 Å². The minimum atomic E-state index is -3.37. The number of alkyl halides is 1. The lowest BCUT2D eigenvalue weighted by molar-refractivity contribution is -0.0996. The molecule has 3 rings (SSSR count). The van der Waals surface area contributed by atoms with Crippen LogP contribution in [0.1, 0.15) is 23.8 Å². The van der Waals surface area contributed by atoms with E-state index in [0.717, 1.165) is 39.4 Å². The Labute approximate surface area is 184 Å². The van der Waals surface area contributed by atoms with Crippen LogP contribution in [0.25, 0.3) is 0 Å². The largest absolute Gasteiger partial charge is 0.447 e. The second kappa shape index (κ2) is 13.8. The minimum absolute atomic E-state index is 0.0299. The maximum absolute atomic E-state index is 11.7. The first-order chi connectivity index (χ1) is 14.5. The number of nitrogens with zero attached hydrogens (tertiary/aromatic N) is 1. The third-order valence-electron chi connectivity index (χ3n) is 4.60. The molecule has 1 saturated heterocycles. The number of furan rings is 1. The van der Waals surface area contributed by atoms with Gasteiger partial charge in [-0.25, -0.2) is 8.42 Å². The quantitative estimate of drug-likeness (QED) is 0.476. The van der Waals surface area contributed by atoms with Gasteiger partial charge in [-0.2, -0.15) is 0 Å². The molecule has 0 aliphatic carbocycles. The summed E-state index contributed by atoms with van der Waals surface area (Å²) < 4.78 is 39.9. The van der Waals surface area contributed by atoms with Crippen molar-refractivity contribution in [1.82, 2.24) is 4.90 Å². The van der Waals surface area contributed by atoms with Gasteiger partial charge in [0.05, 0.1) is 0 Å². The molecule has 1 aliphatic rings. The summed E-state index contributed by atoms with van der Waals surface area (Å²) >= 11 is 4.64. The first-order valence-electron chi connectivity index (χ1n) is 9.46. The van der Waals surface area contributed by atoms with E-state index in [1.54, 1.807) is 13.2 Å². The van der Waals surface area contributed by atoms with Crippen LogP contribution >= 0.6 is 11.6 Å². The Balaban J connectivity index is 0.00000106. The highest BCUT2D eigenvalue weighted by Crippen LogP contribution is 2.35. The number of ether oxygens (including phenoxy) is 2. The zero-order valence-electron chi connectivity index (χ0n) is 18.0. The highest BCUT2D eigenvalue weighted by Gasteiger charge is 2.33. The number of benzene rings is 1. The van der Waals surface area contributed by atoms with Gasteiger partial charge >= 0.3 is 0 Å². The fourth-order valence-corrected chi connectivity index (χ4v) is 3.94. The first kappa shape index (κ1) is 26.6. The standard InChI is InChI=1S/C19H25NO5S.CH3Cl.CH4O/c1-23-14-24-19(17-8-9-18(25-17)26(2,21)22)16-10-11-20(13-16)12-15-6-4-3-5-7-15;2*1-2/h3-9,16,19H,10-14H2,1-2H3;1H3;2H,1H3. The van der Waals surface area contributed by atoms with Crippen LogP contribution in [0.2, 0.25) is 0 Å². The number of aliphatic hydroxyl groups excluding tert-OH is 1. The van der Waals surface area contributed by atoms with Crippen LogP contribution in [0.15, 0.2) is 52.0 Å². The normalized spacial score (nSPS) is 17.5. The maximum Gasteiger partial charge on any atom is 0.218 e. The molecule has 170 valence electrons. The molecule has 0 radical (unpaired) electrons. The van der Waals surface area contributed by atoms with E-state index in [2.05, 4.69) is 28.6 Å². The number of hydrogen-bond donors (Lipinski definition) is 1. The lowest BCUT2D eigenvalue weighted by Gasteiger charge is -2.22. The van der Waals surface area contributed by atoms with Crippen LogP contribution in [-0.2, 0) is 25.9 Å². The van der Waals surface area contributed by atoms with Crippen molar-refractivity contribution in [2.75, 3.05) is 46.7 Å². The molecule has 0 spiro atoms. The van der Waals surface area contributed by atoms with Crippen LogP contribution in [0.5, 0.6) is 0 Å². The number of halogens is 1. The Kier molecular flexibility index (Phi) is 12.2. The average molecular weight is 462 g/mol. The van der Waals surface area contributed by atoms with E-state index in [0.29, 0.717) is 5.76 Å². The maximum atomic E-state index is 11.7. The number of methoxy groups -OCH3 is 1. The molecule has 1 N–H and O–H groups in total. The second-order valence-electron chi connectivity index (χ2n) is 6.69. The molecule has 1 fully saturated rings. The molecule has 2 unspecified atom stereocenters. The van der Waals surface area contributed by atoms with E-state index in [4.69, 9.17) is 19.0 Å². The van der Waals surface area contributed by atoms with Gasteiger partial charge in [-0.3, -0.25) is 4.90 Å². The molecule has 9 heteroatoms. The molecular formula is C21H32ClNO6S. The van der Waals surface area contributed by atoms with Crippen molar-refractivity contribution in [1.29, 1.82) is 0 Å². The minimum Gasteiger partial charge on any atom is -0.447 e. The van der Waals surface area contributed by atoms with Crippen molar-refractivity contribution in [2.45, 2.75) is 24.2 Å². The Morgan fingerprint density at radius 3 is 2.43 bits per heavy atom.